The second-order valence-electron chi connectivity index (χ2n) is 34.7. The van der Waals surface area contributed by atoms with Crippen LogP contribution >= 0.6 is 0 Å². The molecule has 41 nitrogen and oxygen atoms in total. The quantitative estimate of drug-likeness (QED) is 0.0316. The molecule has 728 valence electrons. The minimum absolute atomic E-state index is 0.00198. The molecule has 1 saturated carbocycles. The van der Waals surface area contributed by atoms with E-state index >= 15 is 0 Å². The zero-order valence-electron chi connectivity index (χ0n) is 76.6. The van der Waals surface area contributed by atoms with Crippen LogP contribution in [0.15, 0.2) is 153 Å². The highest BCUT2D eigenvalue weighted by Crippen LogP contribution is 2.42. The molecule has 20 N–H and O–H groups in total. The summed E-state index contributed by atoms with van der Waals surface area (Å²) in [6, 6.07) is 25.4. The van der Waals surface area contributed by atoms with Crippen LogP contribution in [-0.4, -0.2) is 226 Å². The third-order valence-electron chi connectivity index (χ3n) is 24.7. The van der Waals surface area contributed by atoms with Crippen LogP contribution in [0.2, 0.25) is 0 Å². The van der Waals surface area contributed by atoms with Crippen LogP contribution in [0, 0.1) is 40.6 Å². The lowest BCUT2D eigenvalue weighted by Gasteiger charge is -2.40. The fraction of sp³-hybridized carbons (Fsp3) is 0.344. The maximum absolute atomic E-state index is 14.6. The van der Waals surface area contributed by atoms with E-state index in [2.05, 4.69) is 121 Å². The van der Waals surface area contributed by atoms with Crippen molar-refractivity contribution in [3.63, 3.8) is 0 Å². The molecule has 17 heterocycles. The van der Waals surface area contributed by atoms with Gasteiger partial charge >= 0.3 is 6.18 Å². The molecule has 2 bridgehead atoms. The zero-order chi connectivity index (χ0) is 99.3. The summed E-state index contributed by atoms with van der Waals surface area (Å²) in [4.78, 5) is 129. The first kappa shape index (κ1) is 98.7. The first-order valence-electron chi connectivity index (χ1n) is 44.6. The van der Waals surface area contributed by atoms with E-state index in [4.69, 9.17) is 65.3 Å². The second-order valence-corrected chi connectivity index (χ2v) is 34.7. The van der Waals surface area contributed by atoms with Gasteiger partial charge in [0.25, 0.3) is 23.6 Å². The number of nitrogens with zero attached hydrogens (tertiary/aromatic N) is 22. The monoisotopic (exact) mass is 1920 g/mol. The molecule has 6 fully saturated rings. The Kier molecular flexibility index (Phi) is 30.2. The Hall–Kier alpha value is -15.8. The van der Waals surface area contributed by atoms with Crippen molar-refractivity contribution in [1.29, 1.82) is 5.26 Å². The number of rotatable bonds is 20. The number of pyridine rings is 8. The summed E-state index contributed by atoms with van der Waals surface area (Å²) in [5.74, 6) is -2.77. The van der Waals surface area contributed by atoms with Crippen molar-refractivity contribution in [2.45, 2.75) is 94.0 Å². The SMILES string of the molecule is CC1(N)CCN(c2cccnc2NC(=O)c2nc(-c3nc(C#N)ccc3F)cnc2N)CC1.COCC1(N)CCN(c2cccnc2NC(=O)c2nc(-c3ncccc3F)cnc2N)CC1.COc1ccnc(-c2cnc(N)c(C(=O)Nc3ncccc3N3CCC(C)(N)CC3)n2)c1F.Nc1ncc(-c2nc(N3CCOCC3)ccc2C(F)(F)F)nc1C(=O)Nc1ncccc1N1C[C@H]2CC[C@@H](C1)C2N. The van der Waals surface area contributed by atoms with E-state index in [1.165, 1.54) is 68.4 Å². The predicted molar refractivity (Wildman–Crippen MR) is 511 cm³/mol. The first-order valence-corrected chi connectivity index (χ1v) is 44.6. The fourth-order valence-electron chi connectivity index (χ4n) is 16.8. The van der Waals surface area contributed by atoms with E-state index in [1.807, 2.05) is 49.1 Å². The van der Waals surface area contributed by atoms with Gasteiger partial charge in [-0.05, 0) is 162 Å². The van der Waals surface area contributed by atoms with Gasteiger partial charge in [-0.15, -0.1) is 0 Å². The molecule has 0 radical (unpaired) electrons. The van der Waals surface area contributed by atoms with Crippen LogP contribution in [-0.2, 0) is 15.7 Å². The lowest BCUT2D eigenvalue weighted by atomic mass is 9.89. The van der Waals surface area contributed by atoms with Crippen LogP contribution in [0.5, 0.6) is 5.75 Å². The standard InChI is InChI=1S/C27H30F3N9O2.C22H22FN9O.2C22H25FN8O2/c28-27(29,30)17-5-6-20(38-8-10-41-11-9-38)36-22(17)18-12-34-24(32)23(35-18)26(40)37-25-19(2-1-7-33-25)39-13-15-3-4-16(14-39)21(15)31;1-22(26)6-9-32(10-7-22)16-3-2-8-27-20(16)31-21(33)18-19(25)28-12-15(30-18)17-14(23)5-4-13(11-24)29-17;1-22(25)6-10-31(11-7-22)14-4-3-8-27-20(14)30-21(32)18-19(24)28-12-13(29-18)17-16(23)15(33-2)5-9-26-17;1-33-13-22(25)6-10-31(11-7-22)16-5-3-9-27-20(16)30-21(32)18-19(24)28-12-15(29-18)17-14(23)4-2-8-26-17/h1-2,5-7,12,15-16,21H,3-4,8-11,13-14,31H2,(H2,32,34)(H,33,37,40);2-5,8,12H,6-7,9-10,26H2,1H3,(H2,25,28)(H,27,31,33);3-5,8-9,12H,6-7,10-11,25H2,1-2H3,(H2,24,28)(H,27,30,32);2-5,8-9,12H,6-7,10-11,13,25H2,1H3,(H2,24,28)(H,27,30,32)/t15-,16+,21?;;;. The number of nitrogens with one attached hydrogen (secondary N) is 4. The zero-order valence-corrected chi connectivity index (χ0v) is 76.6. The number of piperidine rings is 4. The van der Waals surface area contributed by atoms with Crippen molar-refractivity contribution >= 4 is 98.7 Å². The Bertz CT molecular complexity index is 6560. The lowest BCUT2D eigenvalue weighted by molar-refractivity contribution is -0.137. The molecule has 5 saturated heterocycles. The van der Waals surface area contributed by atoms with Crippen molar-refractivity contribution < 1.29 is 59.7 Å². The van der Waals surface area contributed by atoms with E-state index in [-0.39, 0.29) is 120 Å². The van der Waals surface area contributed by atoms with Gasteiger partial charge < -0.3 is 106 Å². The minimum atomic E-state index is -4.71. The van der Waals surface area contributed by atoms with E-state index in [1.54, 1.807) is 56.2 Å². The summed E-state index contributed by atoms with van der Waals surface area (Å²) in [6.45, 7) is 12.2. The van der Waals surface area contributed by atoms with Gasteiger partial charge in [0.15, 0.2) is 92.5 Å². The summed E-state index contributed by atoms with van der Waals surface area (Å²) >= 11 is 0. The van der Waals surface area contributed by atoms with Crippen LogP contribution in [0.1, 0.15) is 118 Å². The van der Waals surface area contributed by atoms with Gasteiger partial charge in [0.1, 0.15) is 63.1 Å². The Morgan fingerprint density at radius 2 is 0.843 bits per heavy atom. The number of methoxy groups -OCH3 is 2. The highest BCUT2D eigenvalue weighted by Gasteiger charge is 2.42. The third-order valence-corrected chi connectivity index (χ3v) is 24.7. The molecule has 0 aromatic carbocycles. The number of alkyl halides is 3. The van der Waals surface area contributed by atoms with E-state index in [0.29, 0.717) is 86.9 Å². The molecule has 0 spiro atoms. The number of carbonyl (C=O) groups is 4. The number of nitrogen functional groups attached to an aromatic ring is 4. The normalized spacial score (nSPS) is 17.4. The molecule has 5 aliphatic heterocycles. The number of halogens is 6. The number of carbonyl (C=O) groups excluding carboxylic acids is 4. The molecule has 3 atom stereocenters. The van der Waals surface area contributed by atoms with Gasteiger partial charge in [0.2, 0.25) is 0 Å². The number of aromatic nitrogens is 16. The van der Waals surface area contributed by atoms with Crippen molar-refractivity contribution in [1.82, 2.24) is 79.7 Å². The number of nitriles is 1. The number of anilines is 13. The van der Waals surface area contributed by atoms with Crippen molar-refractivity contribution in [2.75, 3.05) is 168 Å². The predicted octanol–water partition coefficient (Wildman–Crippen LogP) is 8.98. The molecule has 6 aliphatic rings. The molecular weight excluding hydrogens is 1820 g/mol. The molecule has 4 amide bonds. The van der Waals surface area contributed by atoms with Crippen molar-refractivity contribution in [2.24, 2.45) is 34.8 Å². The Balaban J connectivity index is 0.000000142. The number of hydrogen-bond acceptors (Lipinski definition) is 37. The number of morpholine rings is 1. The molecule has 12 aromatic rings. The van der Waals surface area contributed by atoms with Crippen LogP contribution < -0.4 is 96.4 Å². The van der Waals surface area contributed by atoms with Gasteiger partial charge in [-0.1, -0.05) is 0 Å². The number of hydrogen-bond donors (Lipinski definition) is 12. The van der Waals surface area contributed by atoms with E-state index in [9.17, 15) is 45.5 Å². The molecule has 1 aliphatic carbocycles. The maximum atomic E-state index is 14.6. The largest absolute Gasteiger partial charge is 0.494 e. The van der Waals surface area contributed by atoms with E-state index < -0.39 is 58.5 Å². The highest BCUT2D eigenvalue weighted by molar-refractivity contribution is 6.09. The Morgan fingerprint density at radius 1 is 0.457 bits per heavy atom. The second kappa shape index (κ2) is 42.9. The van der Waals surface area contributed by atoms with Gasteiger partial charge in [-0.2, -0.15) is 18.4 Å². The van der Waals surface area contributed by atoms with Crippen molar-refractivity contribution in [3.05, 3.63) is 204 Å². The summed E-state index contributed by atoms with van der Waals surface area (Å²) in [5.41, 5.74) is 48.4. The van der Waals surface area contributed by atoms with Crippen LogP contribution in [0.4, 0.5) is 101 Å². The topological polar surface area (TPSA) is 598 Å². The highest BCUT2D eigenvalue weighted by atomic mass is 19.4. The minimum Gasteiger partial charge on any atom is -0.494 e. The molecule has 47 heteroatoms. The van der Waals surface area contributed by atoms with Gasteiger partial charge in [-0.25, -0.2) is 82.9 Å². The number of ether oxygens (including phenoxy) is 3. The van der Waals surface area contributed by atoms with Gasteiger partial charge in [0.05, 0.1) is 80.0 Å². The summed E-state index contributed by atoms with van der Waals surface area (Å²) in [6.07, 6.45) is 16.0. The third kappa shape index (κ3) is 23.2. The smallest absolute Gasteiger partial charge is 0.418 e. The lowest BCUT2D eigenvalue weighted by Crippen LogP contribution is -2.53. The number of nitrogens with two attached hydrogens (primary N) is 8. The van der Waals surface area contributed by atoms with Crippen molar-refractivity contribution in [3.8, 4) is 57.4 Å². The maximum Gasteiger partial charge on any atom is 0.418 e. The molecule has 12 aromatic heterocycles. The molecule has 18 rings (SSSR count). The average molecular weight is 1920 g/mol. The van der Waals surface area contributed by atoms with Gasteiger partial charge in [-0.3, -0.25) is 29.1 Å². The van der Waals surface area contributed by atoms with Crippen LogP contribution in [0.3, 0.4) is 0 Å². The summed E-state index contributed by atoms with van der Waals surface area (Å²) < 4.78 is 101. The first-order chi connectivity index (χ1) is 67.1. The Labute approximate surface area is 798 Å². The number of amides is 4. The fourth-order valence-corrected chi connectivity index (χ4v) is 16.8. The average Bonchev–Trinajstić information content (AvgIpc) is 1.38. The summed E-state index contributed by atoms with van der Waals surface area (Å²) in [5, 5.41) is 20.0. The van der Waals surface area contributed by atoms with Crippen LogP contribution in [0.25, 0.3) is 45.6 Å². The van der Waals surface area contributed by atoms with E-state index in [0.717, 1.165) is 132 Å². The Morgan fingerprint density at radius 3 is 1.26 bits per heavy atom. The molecule has 1 unspecified atom stereocenters. The molecule has 140 heavy (non-hydrogen) atoms. The molecular formula is C93H102F6N34O7. The number of fused-ring (bicyclic) bond motifs is 2. The summed E-state index contributed by atoms with van der Waals surface area (Å²) in [7, 11) is 2.98. The van der Waals surface area contributed by atoms with Gasteiger partial charge in [0, 0.05) is 138 Å².